The van der Waals surface area contributed by atoms with Crippen LogP contribution in [0.4, 0.5) is 5.69 Å². The van der Waals surface area contributed by atoms with E-state index in [1.807, 2.05) is 78.9 Å². The second kappa shape index (κ2) is 10.3. The molecule has 2 amide bonds. The van der Waals surface area contributed by atoms with Crippen LogP contribution >= 0.6 is 11.8 Å². The molecule has 5 rings (SSSR count). The predicted octanol–water partition coefficient (Wildman–Crippen LogP) is 5.29. The Hall–Kier alpha value is -4.30. The lowest BCUT2D eigenvalue weighted by Crippen LogP contribution is -2.45. The van der Waals surface area contributed by atoms with Gasteiger partial charge in [0, 0.05) is 17.0 Å². The maximum atomic E-state index is 13.1. The Balaban J connectivity index is 1.27. The summed E-state index contributed by atoms with van der Waals surface area (Å²) in [7, 11) is 0. The summed E-state index contributed by atoms with van der Waals surface area (Å²) in [6.45, 7) is 0. The minimum Gasteiger partial charge on any atom is -0.459 e. The Morgan fingerprint density at radius 3 is 2.43 bits per heavy atom. The Kier molecular flexibility index (Phi) is 6.63. The third-order valence-electron chi connectivity index (χ3n) is 5.35. The van der Waals surface area contributed by atoms with Crippen LogP contribution in [0.5, 0.6) is 0 Å². The molecular formula is C27H22N4O3S. The van der Waals surface area contributed by atoms with Crippen molar-refractivity contribution in [3.05, 3.63) is 109 Å². The molecule has 0 spiro atoms. The van der Waals surface area contributed by atoms with Gasteiger partial charge >= 0.3 is 0 Å². The standard InChI is InChI=1S/C27H22N4O3S/c32-25(23(17-18-7-2-1-3-8-18)29-26(33)24-11-6-16-34-24)28-19-12-14-20(15-13-19)35-27-30-21-9-4-5-10-22(21)31-27/h1-16,23H,17H2,(H,28,32)(H,29,33)(H,30,31). The number of fused-ring (bicyclic) bond motifs is 1. The Bertz CT molecular complexity index is 1400. The van der Waals surface area contributed by atoms with Gasteiger partial charge in [-0.15, -0.1) is 0 Å². The van der Waals surface area contributed by atoms with E-state index >= 15 is 0 Å². The summed E-state index contributed by atoms with van der Waals surface area (Å²) < 4.78 is 5.17. The van der Waals surface area contributed by atoms with E-state index in [1.165, 1.54) is 18.0 Å². The van der Waals surface area contributed by atoms with Gasteiger partial charge in [0.1, 0.15) is 6.04 Å². The van der Waals surface area contributed by atoms with Crippen LogP contribution in [0.1, 0.15) is 16.1 Å². The van der Waals surface area contributed by atoms with Gasteiger partial charge in [-0.1, -0.05) is 54.2 Å². The van der Waals surface area contributed by atoms with Gasteiger partial charge in [0.2, 0.25) is 5.91 Å². The van der Waals surface area contributed by atoms with Crippen molar-refractivity contribution in [1.82, 2.24) is 15.3 Å². The van der Waals surface area contributed by atoms with E-state index in [-0.39, 0.29) is 11.7 Å². The smallest absolute Gasteiger partial charge is 0.287 e. The molecule has 0 aliphatic carbocycles. The van der Waals surface area contributed by atoms with Crippen LogP contribution in [0, 0.1) is 0 Å². The first kappa shape index (κ1) is 22.5. The van der Waals surface area contributed by atoms with Crippen LogP contribution in [-0.2, 0) is 11.2 Å². The summed E-state index contributed by atoms with van der Waals surface area (Å²) in [4.78, 5) is 34.5. The molecule has 0 aliphatic rings. The number of nitrogens with one attached hydrogen (secondary N) is 3. The molecule has 1 atom stereocenters. The molecule has 5 aromatic rings. The highest BCUT2D eigenvalue weighted by atomic mass is 32.2. The van der Waals surface area contributed by atoms with Crippen LogP contribution in [0.2, 0.25) is 0 Å². The lowest BCUT2D eigenvalue weighted by Gasteiger charge is -2.18. The number of hydrogen-bond acceptors (Lipinski definition) is 5. The van der Waals surface area contributed by atoms with Crippen molar-refractivity contribution < 1.29 is 14.0 Å². The molecule has 0 radical (unpaired) electrons. The number of carbonyl (C=O) groups is 2. The number of furan rings is 1. The number of H-pyrrole nitrogens is 1. The molecule has 0 aliphatic heterocycles. The summed E-state index contributed by atoms with van der Waals surface area (Å²) in [5, 5.41) is 6.49. The van der Waals surface area contributed by atoms with Crippen molar-refractivity contribution in [2.45, 2.75) is 22.5 Å². The van der Waals surface area contributed by atoms with E-state index in [0.29, 0.717) is 12.1 Å². The average molecular weight is 483 g/mol. The molecule has 3 aromatic carbocycles. The summed E-state index contributed by atoms with van der Waals surface area (Å²) in [5.74, 6) is -0.599. The van der Waals surface area contributed by atoms with Crippen LogP contribution in [0.25, 0.3) is 11.0 Å². The molecule has 2 heterocycles. The van der Waals surface area contributed by atoms with Crippen molar-refractivity contribution in [1.29, 1.82) is 0 Å². The first-order valence-electron chi connectivity index (χ1n) is 11.1. The number of nitrogens with zero attached hydrogens (tertiary/aromatic N) is 1. The number of para-hydroxylation sites is 2. The molecule has 7 nitrogen and oxygen atoms in total. The summed E-state index contributed by atoms with van der Waals surface area (Å²) >= 11 is 1.51. The summed E-state index contributed by atoms with van der Waals surface area (Å²) in [6, 6.07) is 27.3. The number of hydrogen-bond donors (Lipinski definition) is 3. The molecule has 1 unspecified atom stereocenters. The zero-order chi connectivity index (χ0) is 24.0. The fraction of sp³-hybridized carbons (Fsp3) is 0.0741. The monoisotopic (exact) mass is 482 g/mol. The van der Waals surface area contributed by atoms with Gasteiger partial charge in [-0.3, -0.25) is 9.59 Å². The highest BCUT2D eigenvalue weighted by Gasteiger charge is 2.23. The number of aromatic nitrogens is 2. The van der Waals surface area contributed by atoms with Gasteiger partial charge in [-0.2, -0.15) is 0 Å². The molecule has 0 fully saturated rings. The molecular weight excluding hydrogens is 460 g/mol. The van der Waals surface area contributed by atoms with Crippen molar-refractivity contribution >= 4 is 40.3 Å². The van der Waals surface area contributed by atoms with Crippen LogP contribution < -0.4 is 10.6 Å². The molecule has 0 saturated carbocycles. The lowest BCUT2D eigenvalue weighted by atomic mass is 10.0. The predicted molar refractivity (Wildman–Crippen MR) is 135 cm³/mol. The largest absolute Gasteiger partial charge is 0.459 e. The van der Waals surface area contributed by atoms with E-state index in [1.54, 1.807) is 12.1 Å². The van der Waals surface area contributed by atoms with Gasteiger partial charge in [-0.05, 0) is 54.1 Å². The fourth-order valence-corrected chi connectivity index (χ4v) is 4.42. The van der Waals surface area contributed by atoms with Crippen molar-refractivity contribution in [3.8, 4) is 0 Å². The average Bonchev–Trinajstić information content (AvgIpc) is 3.55. The first-order valence-corrected chi connectivity index (χ1v) is 11.9. The SMILES string of the molecule is O=C(NC(Cc1ccccc1)C(=O)Nc1ccc(Sc2nc3ccccc3[nH]2)cc1)c1ccco1. The number of carbonyl (C=O) groups excluding carboxylic acids is 2. The van der Waals surface area contributed by atoms with E-state index in [4.69, 9.17) is 4.42 Å². The normalized spacial score (nSPS) is 11.8. The van der Waals surface area contributed by atoms with E-state index in [2.05, 4.69) is 20.6 Å². The van der Waals surface area contributed by atoms with Crippen LogP contribution in [0.3, 0.4) is 0 Å². The topological polar surface area (TPSA) is 100 Å². The number of benzene rings is 3. The molecule has 0 bridgehead atoms. The second-order valence-corrected chi connectivity index (χ2v) is 8.93. The highest BCUT2D eigenvalue weighted by Crippen LogP contribution is 2.28. The first-order chi connectivity index (χ1) is 17.1. The number of rotatable bonds is 8. The Morgan fingerprint density at radius 1 is 0.914 bits per heavy atom. The fourth-order valence-electron chi connectivity index (χ4n) is 3.62. The molecule has 8 heteroatoms. The van der Waals surface area contributed by atoms with Gasteiger partial charge < -0.3 is 20.0 Å². The maximum absolute atomic E-state index is 13.1. The molecule has 2 aromatic heterocycles. The molecule has 174 valence electrons. The van der Waals surface area contributed by atoms with E-state index in [0.717, 1.165) is 26.6 Å². The third kappa shape index (κ3) is 5.62. The van der Waals surface area contributed by atoms with Gasteiger partial charge in [0.15, 0.2) is 10.9 Å². The number of imidazole rings is 1. The van der Waals surface area contributed by atoms with Crippen molar-refractivity contribution in [2.24, 2.45) is 0 Å². The zero-order valence-corrected chi connectivity index (χ0v) is 19.4. The Labute approximate surface area is 206 Å². The Morgan fingerprint density at radius 2 is 1.69 bits per heavy atom. The highest BCUT2D eigenvalue weighted by molar-refractivity contribution is 7.99. The summed E-state index contributed by atoms with van der Waals surface area (Å²) in [6.07, 6.45) is 1.77. The van der Waals surface area contributed by atoms with E-state index < -0.39 is 11.9 Å². The maximum Gasteiger partial charge on any atom is 0.287 e. The van der Waals surface area contributed by atoms with Crippen LogP contribution in [0.15, 0.2) is 112 Å². The minimum atomic E-state index is -0.778. The van der Waals surface area contributed by atoms with Crippen molar-refractivity contribution in [3.63, 3.8) is 0 Å². The third-order valence-corrected chi connectivity index (χ3v) is 6.25. The van der Waals surface area contributed by atoms with Gasteiger partial charge in [-0.25, -0.2) is 4.98 Å². The van der Waals surface area contributed by atoms with Crippen molar-refractivity contribution in [2.75, 3.05) is 5.32 Å². The number of aromatic amines is 1. The molecule has 3 N–H and O–H groups in total. The lowest BCUT2D eigenvalue weighted by molar-refractivity contribution is -0.118. The summed E-state index contributed by atoms with van der Waals surface area (Å²) in [5.41, 5.74) is 3.47. The molecule has 0 saturated heterocycles. The van der Waals surface area contributed by atoms with Gasteiger partial charge in [0.25, 0.3) is 5.91 Å². The number of anilines is 1. The quantitative estimate of drug-likeness (QED) is 0.279. The minimum absolute atomic E-state index is 0.155. The second-order valence-electron chi connectivity index (χ2n) is 7.87. The van der Waals surface area contributed by atoms with Crippen LogP contribution in [-0.4, -0.2) is 27.8 Å². The molecule has 35 heavy (non-hydrogen) atoms. The van der Waals surface area contributed by atoms with Gasteiger partial charge in [0.05, 0.1) is 17.3 Å². The zero-order valence-electron chi connectivity index (χ0n) is 18.6. The van der Waals surface area contributed by atoms with E-state index in [9.17, 15) is 9.59 Å². The number of amides is 2.